The van der Waals surface area contributed by atoms with Gasteiger partial charge in [-0.05, 0) is 43.6 Å². The van der Waals surface area contributed by atoms with Crippen molar-refractivity contribution in [3.05, 3.63) is 0 Å². The first-order valence-electron chi connectivity index (χ1n) is 6.63. The van der Waals surface area contributed by atoms with Crippen LogP contribution in [0.25, 0.3) is 0 Å². The molecule has 3 atom stereocenters. The van der Waals surface area contributed by atoms with Gasteiger partial charge in [-0.3, -0.25) is 0 Å². The molecule has 0 radical (unpaired) electrons. The topological polar surface area (TPSA) is 12.0 Å². The highest BCUT2D eigenvalue weighted by molar-refractivity contribution is 5.06. The molecule has 1 N–H and O–H groups in total. The lowest BCUT2D eigenvalue weighted by molar-refractivity contribution is -0.187. The summed E-state index contributed by atoms with van der Waals surface area (Å²) in [5.41, 5.74) is 0.0281. The van der Waals surface area contributed by atoms with E-state index in [0.29, 0.717) is 24.8 Å². The van der Waals surface area contributed by atoms with Gasteiger partial charge in [0.15, 0.2) is 0 Å². The molecule has 0 aliphatic heterocycles. The minimum atomic E-state index is -3.98. The fourth-order valence-corrected chi connectivity index (χ4v) is 3.33. The minimum Gasteiger partial charge on any atom is -0.314 e. The second-order valence-corrected chi connectivity index (χ2v) is 6.16. The Kier molecular flexibility index (Phi) is 3.45. The predicted molar refractivity (Wildman–Crippen MR) is 61.7 cm³/mol. The molecule has 100 valence electrons. The Morgan fingerprint density at radius 3 is 2.59 bits per heavy atom. The molecule has 0 aromatic rings. The summed E-state index contributed by atoms with van der Waals surface area (Å²) in [5, 5.41) is 3.35. The zero-order valence-corrected chi connectivity index (χ0v) is 10.6. The fraction of sp³-hybridized carbons (Fsp3) is 1.00. The number of rotatable bonds is 3. The first-order chi connectivity index (χ1) is 7.83. The molecule has 2 saturated carbocycles. The molecule has 0 heterocycles. The number of hydrogen-bond donors (Lipinski definition) is 1. The van der Waals surface area contributed by atoms with E-state index in [1.165, 1.54) is 0 Å². The largest absolute Gasteiger partial charge is 0.391 e. The molecule has 0 bridgehead atoms. The van der Waals surface area contributed by atoms with E-state index in [1.54, 1.807) is 0 Å². The van der Waals surface area contributed by atoms with Crippen LogP contribution in [-0.2, 0) is 0 Å². The maximum Gasteiger partial charge on any atom is 0.391 e. The average molecular weight is 249 g/mol. The van der Waals surface area contributed by atoms with Crippen LogP contribution < -0.4 is 5.32 Å². The molecule has 0 amide bonds. The molecule has 4 heteroatoms. The van der Waals surface area contributed by atoms with Crippen LogP contribution in [0.5, 0.6) is 0 Å². The second kappa shape index (κ2) is 4.45. The summed E-state index contributed by atoms with van der Waals surface area (Å²) in [6, 6.07) is 0.426. The highest BCUT2D eigenvalue weighted by Gasteiger charge is 2.58. The van der Waals surface area contributed by atoms with E-state index in [2.05, 4.69) is 19.2 Å². The maximum atomic E-state index is 12.7. The predicted octanol–water partition coefficient (Wildman–Crippen LogP) is 3.74. The van der Waals surface area contributed by atoms with E-state index in [9.17, 15) is 13.2 Å². The van der Waals surface area contributed by atoms with Crippen molar-refractivity contribution in [2.45, 2.75) is 58.2 Å². The van der Waals surface area contributed by atoms with Crippen molar-refractivity contribution in [2.75, 3.05) is 6.54 Å². The van der Waals surface area contributed by atoms with Gasteiger partial charge in [0.25, 0.3) is 0 Å². The standard InChI is InChI=1S/C13H22F3N/c1-9(2)17-8-11-7-12(11)5-3-4-10(6-12)13(14,15)16/h9-11,17H,3-8H2,1-2H3. The van der Waals surface area contributed by atoms with Gasteiger partial charge in [0.1, 0.15) is 0 Å². The SMILES string of the molecule is CC(C)NCC1CC12CCCC(C(F)(F)F)C2. The molecule has 3 unspecified atom stereocenters. The lowest BCUT2D eigenvalue weighted by atomic mass is 9.77. The van der Waals surface area contributed by atoms with Gasteiger partial charge in [-0.1, -0.05) is 20.3 Å². The summed E-state index contributed by atoms with van der Waals surface area (Å²) < 4.78 is 38.2. The van der Waals surface area contributed by atoms with Crippen LogP contribution in [0.3, 0.4) is 0 Å². The Morgan fingerprint density at radius 2 is 2.00 bits per heavy atom. The van der Waals surface area contributed by atoms with Gasteiger partial charge < -0.3 is 5.32 Å². The highest BCUT2D eigenvalue weighted by Crippen LogP contribution is 2.63. The Bertz CT molecular complexity index is 274. The zero-order chi connectivity index (χ0) is 12.7. The van der Waals surface area contributed by atoms with Crippen molar-refractivity contribution in [3.63, 3.8) is 0 Å². The first-order valence-corrected chi connectivity index (χ1v) is 6.63. The van der Waals surface area contributed by atoms with E-state index in [-0.39, 0.29) is 5.41 Å². The van der Waals surface area contributed by atoms with Gasteiger partial charge in [-0.25, -0.2) is 0 Å². The first kappa shape index (κ1) is 13.2. The smallest absolute Gasteiger partial charge is 0.314 e. The fourth-order valence-electron chi connectivity index (χ4n) is 3.33. The lowest BCUT2D eigenvalue weighted by Crippen LogP contribution is -2.32. The van der Waals surface area contributed by atoms with Crippen molar-refractivity contribution in [3.8, 4) is 0 Å². The van der Waals surface area contributed by atoms with Gasteiger partial charge in [0, 0.05) is 6.04 Å². The molecule has 2 aliphatic rings. The molecular formula is C13H22F3N. The quantitative estimate of drug-likeness (QED) is 0.803. The Hall–Kier alpha value is -0.250. The summed E-state index contributed by atoms with van der Waals surface area (Å²) in [5.74, 6) is -0.560. The third-order valence-electron chi connectivity index (χ3n) is 4.47. The van der Waals surface area contributed by atoms with Crippen molar-refractivity contribution < 1.29 is 13.2 Å². The molecule has 0 aromatic heterocycles. The average Bonchev–Trinajstić information content (AvgIpc) is 2.87. The van der Waals surface area contributed by atoms with E-state index < -0.39 is 12.1 Å². The Morgan fingerprint density at radius 1 is 1.29 bits per heavy atom. The molecule has 0 aromatic carbocycles. The summed E-state index contributed by atoms with van der Waals surface area (Å²) in [4.78, 5) is 0. The third-order valence-corrected chi connectivity index (χ3v) is 4.47. The Balaban J connectivity index is 1.87. The van der Waals surface area contributed by atoms with E-state index in [4.69, 9.17) is 0 Å². The van der Waals surface area contributed by atoms with Crippen molar-refractivity contribution in [2.24, 2.45) is 17.3 Å². The summed E-state index contributed by atoms with van der Waals surface area (Å²) in [6.45, 7) is 5.05. The molecule has 0 saturated heterocycles. The maximum absolute atomic E-state index is 12.7. The van der Waals surface area contributed by atoms with Gasteiger partial charge in [0.05, 0.1) is 5.92 Å². The molecule has 17 heavy (non-hydrogen) atoms. The summed E-state index contributed by atoms with van der Waals surface area (Å²) >= 11 is 0. The summed E-state index contributed by atoms with van der Waals surface area (Å²) in [6.07, 6.45) is -0.506. The van der Waals surface area contributed by atoms with Gasteiger partial charge in [-0.15, -0.1) is 0 Å². The molecule has 2 aliphatic carbocycles. The van der Waals surface area contributed by atoms with E-state index in [1.807, 2.05) is 0 Å². The van der Waals surface area contributed by atoms with Crippen molar-refractivity contribution >= 4 is 0 Å². The van der Waals surface area contributed by atoms with Crippen LogP contribution in [0.2, 0.25) is 0 Å². The normalized spacial score (nSPS) is 37.8. The number of halogens is 3. The summed E-state index contributed by atoms with van der Waals surface area (Å²) in [7, 11) is 0. The van der Waals surface area contributed by atoms with E-state index >= 15 is 0 Å². The minimum absolute atomic E-state index is 0.0281. The number of alkyl halides is 3. The Labute approximate surface area is 101 Å². The van der Waals surface area contributed by atoms with Crippen LogP contribution in [0.1, 0.15) is 46.0 Å². The van der Waals surface area contributed by atoms with Crippen LogP contribution in [0, 0.1) is 17.3 Å². The van der Waals surface area contributed by atoms with Crippen molar-refractivity contribution in [1.82, 2.24) is 5.32 Å². The van der Waals surface area contributed by atoms with Gasteiger partial charge in [-0.2, -0.15) is 13.2 Å². The molecule has 1 nitrogen and oxygen atoms in total. The van der Waals surface area contributed by atoms with Crippen LogP contribution in [0.4, 0.5) is 13.2 Å². The molecular weight excluding hydrogens is 227 g/mol. The monoisotopic (exact) mass is 249 g/mol. The second-order valence-electron chi connectivity index (χ2n) is 6.16. The van der Waals surface area contributed by atoms with Gasteiger partial charge in [0.2, 0.25) is 0 Å². The molecule has 2 rings (SSSR count). The van der Waals surface area contributed by atoms with Crippen LogP contribution in [-0.4, -0.2) is 18.8 Å². The third kappa shape index (κ3) is 2.95. The number of hydrogen-bond acceptors (Lipinski definition) is 1. The molecule has 1 spiro atoms. The molecule has 2 fully saturated rings. The lowest BCUT2D eigenvalue weighted by Gasteiger charge is -2.31. The number of nitrogens with one attached hydrogen (secondary N) is 1. The highest BCUT2D eigenvalue weighted by atomic mass is 19.4. The van der Waals surface area contributed by atoms with Gasteiger partial charge >= 0.3 is 6.18 Å². The zero-order valence-electron chi connectivity index (χ0n) is 10.6. The van der Waals surface area contributed by atoms with E-state index in [0.717, 1.165) is 25.8 Å². The van der Waals surface area contributed by atoms with Crippen LogP contribution >= 0.6 is 0 Å². The van der Waals surface area contributed by atoms with Crippen molar-refractivity contribution in [1.29, 1.82) is 0 Å². The van der Waals surface area contributed by atoms with Crippen LogP contribution in [0.15, 0.2) is 0 Å².